The second kappa shape index (κ2) is 10.3. The summed E-state index contributed by atoms with van der Waals surface area (Å²) in [6, 6.07) is 23.5. The van der Waals surface area contributed by atoms with Crippen molar-refractivity contribution < 1.29 is 28.8 Å². The molecule has 10 heteroatoms. The van der Waals surface area contributed by atoms with Gasteiger partial charge in [0.15, 0.2) is 0 Å². The lowest BCUT2D eigenvalue weighted by Gasteiger charge is -2.15. The van der Waals surface area contributed by atoms with Crippen LogP contribution in [-0.4, -0.2) is 22.7 Å². The van der Waals surface area contributed by atoms with Gasteiger partial charge in [-0.1, -0.05) is 34.1 Å². The van der Waals surface area contributed by atoms with Crippen LogP contribution in [0.3, 0.4) is 0 Å². The Balaban J connectivity index is 1.32. The first kappa shape index (κ1) is 24.8. The number of rotatable bonds is 7. The number of imide groups is 1. The maximum absolute atomic E-state index is 13.2. The average Bonchev–Trinajstić information content (AvgIpc) is 3.17. The molecule has 2 amide bonds. The highest BCUT2D eigenvalue weighted by molar-refractivity contribution is 9.10. The number of carbonyl (C=O) groups is 3. The molecule has 0 saturated carbocycles. The lowest BCUT2D eigenvalue weighted by Crippen LogP contribution is -2.29. The Kier molecular flexibility index (Phi) is 6.71. The monoisotopic (exact) mass is 572 g/mol. The van der Waals surface area contributed by atoms with Gasteiger partial charge in [-0.05, 0) is 66.2 Å². The van der Waals surface area contributed by atoms with Gasteiger partial charge in [-0.3, -0.25) is 19.7 Å². The van der Waals surface area contributed by atoms with E-state index in [1.807, 2.05) is 12.1 Å². The summed E-state index contributed by atoms with van der Waals surface area (Å²) in [5.41, 5.74) is 1.06. The standard InChI is InChI=1S/C28H17BrN2O7/c29-19-7-9-22(10-8-19)38-23-11-12-24-25(15-23)27(33)30(26(24)32)20-5-2-4-18(14-20)28(34)37-16-17-3-1-6-21(13-17)31(35)36/h1-15H,16H2. The molecule has 0 spiro atoms. The van der Waals surface area contributed by atoms with E-state index in [0.29, 0.717) is 17.1 Å². The van der Waals surface area contributed by atoms with E-state index in [1.165, 1.54) is 54.6 Å². The van der Waals surface area contributed by atoms with E-state index in [0.717, 1.165) is 9.37 Å². The zero-order valence-corrected chi connectivity index (χ0v) is 21.1. The second-order valence-electron chi connectivity index (χ2n) is 8.26. The van der Waals surface area contributed by atoms with Gasteiger partial charge in [-0.2, -0.15) is 0 Å². The van der Waals surface area contributed by atoms with Crippen molar-refractivity contribution >= 4 is 45.1 Å². The van der Waals surface area contributed by atoms with E-state index < -0.39 is 22.7 Å². The van der Waals surface area contributed by atoms with Gasteiger partial charge in [-0.15, -0.1) is 0 Å². The van der Waals surface area contributed by atoms with E-state index in [4.69, 9.17) is 9.47 Å². The first-order valence-electron chi connectivity index (χ1n) is 11.3. The number of carbonyl (C=O) groups excluding carboxylic acids is 3. The van der Waals surface area contributed by atoms with Gasteiger partial charge in [-0.25, -0.2) is 9.69 Å². The van der Waals surface area contributed by atoms with Gasteiger partial charge in [0, 0.05) is 16.6 Å². The van der Waals surface area contributed by atoms with Crippen molar-refractivity contribution in [1.29, 1.82) is 0 Å². The Morgan fingerprint density at radius 2 is 1.55 bits per heavy atom. The van der Waals surface area contributed by atoms with Crippen LogP contribution in [0.4, 0.5) is 11.4 Å². The molecule has 1 aliphatic rings. The fraction of sp³-hybridized carbons (Fsp3) is 0.0357. The van der Waals surface area contributed by atoms with E-state index >= 15 is 0 Å². The number of hydrogen-bond donors (Lipinski definition) is 0. The molecule has 0 unspecified atom stereocenters. The van der Waals surface area contributed by atoms with Gasteiger partial charge in [0.25, 0.3) is 17.5 Å². The molecular formula is C28H17BrN2O7. The van der Waals surface area contributed by atoms with E-state index in [1.54, 1.807) is 24.3 Å². The van der Waals surface area contributed by atoms with Gasteiger partial charge >= 0.3 is 5.97 Å². The van der Waals surface area contributed by atoms with Crippen LogP contribution in [0.15, 0.2) is 95.5 Å². The summed E-state index contributed by atoms with van der Waals surface area (Å²) in [5, 5.41) is 11.0. The molecule has 0 saturated heterocycles. The fourth-order valence-electron chi connectivity index (χ4n) is 3.92. The summed E-state index contributed by atoms with van der Waals surface area (Å²) in [5.74, 6) is -0.818. The van der Waals surface area contributed by atoms with Crippen LogP contribution in [-0.2, 0) is 11.3 Å². The van der Waals surface area contributed by atoms with E-state index in [9.17, 15) is 24.5 Å². The van der Waals surface area contributed by atoms with Crippen molar-refractivity contribution in [3.63, 3.8) is 0 Å². The second-order valence-corrected chi connectivity index (χ2v) is 9.18. The van der Waals surface area contributed by atoms with Crippen molar-refractivity contribution in [1.82, 2.24) is 0 Å². The third kappa shape index (κ3) is 5.02. The summed E-state index contributed by atoms with van der Waals surface area (Å²) < 4.78 is 12.0. The smallest absolute Gasteiger partial charge is 0.338 e. The molecule has 38 heavy (non-hydrogen) atoms. The minimum atomic E-state index is -0.708. The van der Waals surface area contributed by atoms with Crippen molar-refractivity contribution in [2.75, 3.05) is 4.90 Å². The molecule has 0 bridgehead atoms. The summed E-state index contributed by atoms with van der Waals surface area (Å²) in [6.07, 6.45) is 0. The van der Waals surface area contributed by atoms with Crippen LogP contribution in [0, 0.1) is 10.1 Å². The first-order valence-corrected chi connectivity index (χ1v) is 12.1. The summed E-state index contributed by atoms with van der Waals surface area (Å²) in [6.45, 7) is -0.182. The van der Waals surface area contributed by atoms with Crippen molar-refractivity contribution in [2.24, 2.45) is 0 Å². The zero-order valence-electron chi connectivity index (χ0n) is 19.5. The summed E-state index contributed by atoms with van der Waals surface area (Å²) >= 11 is 3.36. The highest BCUT2D eigenvalue weighted by atomic mass is 79.9. The van der Waals surface area contributed by atoms with Gasteiger partial charge in [0.05, 0.1) is 27.3 Å². The van der Waals surface area contributed by atoms with Crippen LogP contribution in [0.25, 0.3) is 0 Å². The highest BCUT2D eigenvalue weighted by Gasteiger charge is 2.37. The number of nitro groups is 1. The van der Waals surface area contributed by atoms with E-state index in [-0.39, 0.29) is 34.7 Å². The molecule has 0 fully saturated rings. The van der Waals surface area contributed by atoms with E-state index in [2.05, 4.69) is 15.9 Å². The molecule has 4 aromatic carbocycles. The van der Waals surface area contributed by atoms with Gasteiger partial charge in [0.1, 0.15) is 18.1 Å². The average molecular weight is 573 g/mol. The number of amides is 2. The predicted molar refractivity (Wildman–Crippen MR) is 140 cm³/mol. The molecule has 5 rings (SSSR count). The third-order valence-corrected chi connectivity index (χ3v) is 6.27. The number of ether oxygens (including phenoxy) is 2. The molecule has 188 valence electrons. The van der Waals surface area contributed by atoms with Crippen LogP contribution in [0.1, 0.15) is 36.6 Å². The van der Waals surface area contributed by atoms with Crippen LogP contribution in [0.5, 0.6) is 11.5 Å². The van der Waals surface area contributed by atoms with Crippen molar-refractivity contribution in [3.05, 3.63) is 128 Å². The van der Waals surface area contributed by atoms with Crippen molar-refractivity contribution in [3.8, 4) is 11.5 Å². The fourth-order valence-corrected chi connectivity index (χ4v) is 4.18. The molecule has 0 radical (unpaired) electrons. The number of benzene rings is 4. The van der Waals surface area contributed by atoms with Crippen LogP contribution in [0.2, 0.25) is 0 Å². The Hall–Kier alpha value is -4.83. The molecule has 0 aliphatic carbocycles. The molecular weight excluding hydrogens is 556 g/mol. The Labute approximate surface area is 224 Å². The minimum Gasteiger partial charge on any atom is -0.457 e. The third-order valence-electron chi connectivity index (χ3n) is 5.74. The first-order chi connectivity index (χ1) is 18.3. The number of fused-ring (bicyclic) bond motifs is 1. The summed E-state index contributed by atoms with van der Waals surface area (Å²) in [7, 11) is 0. The number of esters is 1. The largest absolute Gasteiger partial charge is 0.457 e. The Bertz CT molecular complexity index is 1600. The molecule has 4 aromatic rings. The highest BCUT2D eigenvalue weighted by Crippen LogP contribution is 2.33. The maximum Gasteiger partial charge on any atom is 0.338 e. The number of halogens is 1. The SMILES string of the molecule is O=C(OCc1cccc([N+](=O)[O-])c1)c1cccc(N2C(=O)c3ccc(Oc4ccc(Br)cc4)cc3C2=O)c1. The Morgan fingerprint density at radius 1 is 0.842 bits per heavy atom. The van der Waals surface area contributed by atoms with Crippen LogP contribution < -0.4 is 9.64 Å². The number of hydrogen-bond acceptors (Lipinski definition) is 7. The topological polar surface area (TPSA) is 116 Å². The minimum absolute atomic E-state index is 0.114. The molecule has 1 heterocycles. The quantitative estimate of drug-likeness (QED) is 0.110. The number of nitro benzene ring substituents is 1. The normalized spacial score (nSPS) is 12.3. The van der Waals surface area contributed by atoms with Crippen molar-refractivity contribution in [2.45, 2.75) is 6.61 Å². The number of anilines is 1. The summed E-state index contributed by atoms with van der Waals surface area (Å²) in [4.78, 5) is 50.4. The lowest BCUT2D eigenvalue weighted by molar-refractivity contribution is -0.384. The molecule has 0 aromatic heterocycles. The lowest BCUT2D eigenvalue weighted by atomic mass is 10.1. The predicted octanol–water partition coefficient (Wildman–Crippen LogP) is 6.31. The zero-order chi connectivity index (χ0) is 26.8. The number of non-ortho nitro benzene ring substituents is 1. The molecule has 1 aliphatic heterocycles. The maximum atomic E-state index is 13.2. The van der Waals surface area contributed by atoms with Crippen LogP contribution >= 0.6 is 15.9 Å². The molecule has 9 nitrogen and oxygen atoms in total. The van der Waals surface area contributed by atoms with Gasteiger partial charge < -0.3 is 9.47 Å². The Morgan fingerprint density at radius 3 is 2.32 bits per heavy atom. The molecule has 0 atom stereocenters. The number of nitrogens with zero attached hydrogens (tertiary/aromatic N) is 2. The van der Waals surface area contributed by atoms with Gasteiger partial charge in [0.2, 0.25) is 0 Å². The molecule has 0 N–H and O–H groups in total.